The molecular weight excluding hydrogens is 200 g/mol. The van der Waals surface area contributed by atoms with Gasteiger partial charge >= 0.3 is 0 Å². The third kappa shape index (κ3) is 2.01. The van der Waals surface area contributed by atoms with Gasteiger partial charge in [-0.15, -0.1) is 0 Å². The Bertz CT molecular complexity index is 337. The molecule has 1 aromatic rings. The van der Waals surface area contributed by atoms with Gasteiger partial charge in [-0.3, -0.25) is 0 Å². The maximum Gasteiger partial charge on any atom is 0.140 e. The average Bonchev–Trinajstić information content (AvgIpc) is 2.66. The van der Waals surface area contributed by atoms with Crippen LogP contribution in [0.2, 0.25) is 0 Å². The van der Waals surface area contributed by atoms with Crippen molar-refractivity contribution >= 4 is 0 Å². The summed E-state index contributed by atoms with van der Waals surface area (Å²) in [6, 6.07) is 0. The number of rotatable bonds is 3. The molecule has 0 bridgehead atoms. The van der Waals surface area contributed by atoms with E-state index in [0.717, 1.165) is 24.8 Å². The highest BCUT2D eigenvalue weighted by Crippen LogP contribution is 2.38. The van der Waals surface area contributed by atoms with Gasteiger partial charge in [0, 0.05) is 12.0 Å². The van der Waals surface area contributed by atoms with Crippen LogP contribution in [0.5, 0.6) is 0 Å². The summed E-state index contributed by atoms with van der Waals surface area (Å²) < 4.78 is 5.45. The maximum absolute atomic E-state index is 5.45. The van der Waals surface area contributed by atoms with Gasteiger partial charge in [-0.1, -0.05) is 11.6 Å². The second-order valence-electron chi connectivity index (χ2n) is 5.25. The molecule has 2 fully saturated rings. The highest BCUT2D eigenvalue weighted by atomic mass is 16.5. The van der Waals surface area contributed by atoms with Gasteiger partial charge in [0.1, 0.15) is 5.76 Å². The third-order valence-electron chi connectivity index (χ3n) is 4.09. The summed E-state index contributed by atoms with van der Waals surface area (Å²) in [6.45, 7) is 2.33. The molecule has 1 saturated heterocycles. The molecule has 0 spiro atoms. The van der Waals surface area contributed by atoms with Crippen molar-refractivity contribution in [2.75, 3.05) is 13.1 Å². The van der Waals surface area contributed by atoms with Crippen molar-refractivity contribution in [2.24, 2.45) is 5.92 Å². The fraction of sp³-hybridized carbons (Fsp3) is 0.769. The van der Waals surface area contributed by atoms with E-state index in [-0.39, 0.29) is 0 Å². The van der Waals surface area contributed by atoms with E-state index in [9.17, 15) is 0 Å². The second-order valence-corrected chi connectivity index (χ2v) is 5.25. The first-order valence-electron chi connectivity index (χ1n) is 6.57. The van der Waals surface area contributed by atoms with E-state index >= 15 is 0 Å². The van der Waals surface area contributed by atoms with Gasteiger partial charge in [-0.2, -0.15) is 0 Å². The molecule has 0 radical (unpaired) electrons. The van der Waals surface area contributed by atoms with Crippen molar-refractivity contribution < 1.29 is 4.52 Å². The molecule has 1 aliphatic carbocycles. The average molecular weight is 220 g/mol. The van der Waals surface area contributed by atoms with Gasteiger partial charge in [-0.05, 0) is 50.6 Å². The van der Waals surface area contributed by atoms with Crippen LogP contribution in [0.25, 0.3) is 0 Å². The summed E-state index contributed by atoms with van der Waals surface area (Å²) in [5.41, 5.74) is 1.40. The van der Waals surface area contributed by atoms with Crippen molar-refractivity contribution in [1.29, 1.82) is 0 Å². The first-order chi connectivity index (χ1) is 7.93. The lowest BCUT2D eigenvalue weighted by molar-refractivity contribution is 0.314. The molecule has 3 heteroatoms. The van der Waals surface area contributed by atoms with Crippen LogP contribution in [0.1, 0.15) is 49.3 Å². The van der Waals surface area contributed by atoms with Gasteiger partial charge in [0.15, 0.2) is 0 Å². The highest BCUT2D eigenvalue weighted by molar-refractivity contribution is 5.21. The largest absolute Gasteiger partial charge is 0.361 e. The zero-order valence-electron chi connectivity index (χ0n) is 9.74. The topological polar surface area (TPSA) is 38.1 Å². The smallest absolute Gasteiger partial charge is 0.140 e. The molecule has 1 saturated carbocycles. The molecule has 88 valence electrons. The molecule has 0 amide bonds. The Balaban J connectivity index is 1.66. The number of piperidine rings is 1. The van der Waals surface area contributed by atoms with Crippen LogP contribution in [0.15, 0.2) is 10.7 Å². The van der Waals surface area contributed by atoms with Crippen LogP contribution in [-0.2, 0) is 6.42 Å². The molecule has 0 aromatic carbocycles. The Morgan fingerprint density at radius 1 is 1.31 bits per heavy atom. The zero-order valence-corrected chi connectivity index (χ0v) is 9.74. The SMILES string of the molecule is c1noc(CC2CCCNC2)c1C1CCC1. The molecule has 1 unspecified atom stereocenters. The zero-order chi connectivity index (χ0) is 10.8. The van der Waals surface area contributed by atoms with E-state index in [1.807, 2.05) is 6.20 Å². The fourth-order valence-corrected chi connectivity index (χ4v) is 2.84. The van der Waals surface area contributed by atoms with Crippen LogP contribution in [-0.4, -0.2) is 18.2 Å². The number of hydrogen-bond donors (Lipinski definition) is 1. The lowest BCUT2D eigenvalue weighted by atomic mass is 9.79. The van der Waals surface area contributed by atoms with Crippen LogP contribution in [0, 0.1) is 5.92 Å². The van der Waals surface area contributed by atoms with Gasteiger partial charge in [0.25, 0.3) is 0 Å². The molecule has 3 nitrogen and oxygen atoms in total. The van der Waals surface area contributed by atoms with Crippen LogP contribution in [0.3, 0.4) is 0 Å². The number of nitrogens with one attached hydrogen (secondary N) is 1. The molecule has 2 aliphatic rings. The quantitative estimate of drug-likeness (QED) is 0.850. The first kappa shape index (κ1) is 10.3. The Morgan fingerprint density at radius 2 is 2.25 bits per heavy atom. The van der Waals surface area contributed by atoms with Crippen molar-refractivity contribution in [1.82, 2.24) is 10.5 Å². The van der Waals surface area contributed by atoms with E-state index in [0.29, 0.717) is 0 Å². The maximum atomic E-state index is 5.45. The Labute approximate surface area is 96.6 Å². The summed E-state index contributed by atoms with van der Waals surface area (Å²) in [5, 5.41) is 7.46. The summed E-state index contributed by atoms with van der Waals surface area (Å²) in [5.74, 6) is 2.66. The lowest BCUT2D eigenvalue weighted by Gasteiger charge is -2.26. The summed E-state index contributed by atoms with van der Waals surface area (Å²) in [4.78, 5) is 0. The Hall–Kier alpha value is -0.830. The van der Waals surface area contributed by atoms with E-state index < -0.39 is 0 Å². The third-order valence-corrected chi connectivity index (χ3v) is 4.09. The van der Waals surface area contributed by atoms with Crippen molar-refractivity contribution in [2.45, 2.75) is 44.4 Å². The van der Waals surface area contributed by atoms with Gasteiger partial charge < -0.3 is 9.84 Å². The Kier molecular flexibility index (Phi) is 2.96. The minimum Gasteiger partial charge on any atom is -0.361 e. The molecule has 2 heterocycles. The molecule has 3 rings (SSSR count). The summed E-state index contributed by atoms with van der Waals surface area (Å²) in [6.07, 6.45) is 9.71. The number of aromatic nitrogens is 1. The molecule has 16 heavy (non-hydrogen) atoms. The molecule has 1 atom stereocenters. The van der Waals surface area contributed by atoms with E-state index in [4.69, 9.17) is 4.52 Å². The normalized spacial score (nSPS) is 26.6. The number of hydrogen-bond acceptors (Lipinski definition) is 3. The second kappa shape index (κ2) is 4.58. The molecule has 1 N–H and O–H groups in total. The minimum absolute atomic E-state index is 0.748. The van der Waals surface area contributed by atoms with E-state index in [1.54, 1.807) is 0 Å². The highest BCUT2D eigenvalue weighted by Gasteiger charge is 2.26. The fourth-order valence-electron chi connectivity index (χ4n) is 2.84. The van der Waals surface area contributed by atoms with Gasteiger partial charge in [0.05, 0.1) is 6.20 Å². The lowest BCUT2D eigenvalue weighted by Crippen LogP contribution is -2.31. The first-order valence-corrected chi connectivity index (χ1v) is 6.57. The standard InChI is InChI=1S/C13H20N2O/c1-4-11(5-1)12-9-15-16-13(12)7-10-3-2-6-14-8-10/h9-11,14H,1-8H2. The van der Waals surface area contributed by atoms with Crippen LogP contribution in [0.4, 0.5) is 0 Å². The molecule has 1 aliphatic heterocycles. The molecule has 1 aromatic heterocycles. The molecular formula is C13H20N2O. The monoisotopic (exact) mass is 220 g/mol. The van der Waals surface area contributed by atoms with Crippen LogP contribution >= 0.6 is 0 Å². The summed E-state index contributed by atoms with van der Waals surface area (Å²) >= 11 is 0. The summed E-state index contributed by atoms with van der Waals surface area (Å²) in [7, 11) is 0. The van der Waals surface area contributed by atoms with Gasteiger partial charge in [0.2, 0.25) is 0 Å². The van der Waals surface area contributed by atoms with Crippen molar-refractivity contribution in [3.05, 3.63) is 17.5 Å². The predicted molar refractivity (Wildman–Crippen MR) is 62.4 cm³/mol. The van der Waals surface area contributed by atoms with Crippen LogP contribution < -0.4 is 5.32 Å². The van der Waals surface area contributed by atoms with E-state index in [2.05, 4.69) is 10.5 Å². The Morgan fingerprint density at radius 3 is 2.94 bits per heavy atom. The van der Waals surface area contributed by atoms with Crippen molar-refractivity contribution in [3.63, 3.8) is 0 Å². The van der Waals surface area contributed by atoms with E-state index in [1.165, 1.54) is 50.0 Å². The van der Waals surface area contributed by atoms with Gasteiger partial charge in [-0.25, -0.2) is 0 Å². The predicted octanol–water partition coefficient (Wildman–Crippen LogP) is 2.48. The number of nitrogens with zero attached hydrogens (tertiary/aromatic N) is 1. The minimum atomic E-state index is 0.748. The van der Waals surface area contributed by atoms with Crippen molar-refractivity contribution in [3.8, 4) is 0 Å².